The highest BCUT2D eigenvalue weighted by atomic mass is 35.5. The molecule has 1 amide bonds. The van der Waals surface area contributed by atoms with Gasteiger partial charge in [0.05, 0.1) is 6.04 Å². The number of fused-ring (bicyclic) bond motifs is 2. The Morgan fingerprint density at radius 2 is 1.95 bits per heavy atom. The Balaban J connectivity index is 2.03. The summed E-state index contributed by atoms with van der Waals surface area (Å²) in [6.07, 6.45) is 3.46. The second-order valence-corrected chi connectivity index (χ2v) is 5.59. The van der Waals surface area contributed by atoms with Gasteiger partial charge in [-0.05, 0) is 23.8 Å². The van der Waals surface area contributed by atoms with Gasteiger partial charge < -0.3 is 9.88 Å². The molecule has 3 aromatic rings. The number of benzene rings is 2. The fraction of sp³-hybridized carbons (Fsp3) is 0.0588. The molecule has 1 aliphatic heterocycles. The van der Waals surface area contributed by atoms with Gasteiger partial charge >= 0.3 is 0 Å². The van der Waals surface area contributed by atoms with Crippen LogP contribution in [-0.4, -0.2) is 15.5 Å². The lowest BCUT2D eigenvalue weighted by Crippen LogP contribution is -2.16. The molecule has 1 aliphatic rings. The van der Waals surface area contributed by atoms with E-state index in [-0.39, 0.29) is 11.9 Å². The number of nitrogens with zero attached hydrogens (tertiary/aromatic N) is 2. The molecular weight excluding hydrogens is 298 g/mol. The number of anilines is 1. The van der Waals surface area contributed by atoms with Gasteiger partial charge in [-0.2, -0.15) is 0 Å². The fourth-order valence-corrected chi connectivity index (χ4v) is 3.05. The minimum Gasteiger partial charge on any atom is -0.319 e. The average Bonchev–Trinajstić information content (AvgIpc) is 2.97. The lowest BCUT2D eigenvalue weighted by atomic mass is 9.97. The van der Waals surface area contributed by atoms with E-state index in [1.807, 2.05) is 53.2 Å². The van der Waals surface area contributed by atoms with Crippen LogP contribution in [0.3, 0.4) is 0 Å². The molecule has 108 valence electrons. The zero-order valence-corrected chi connectivity index (χ0v) is 12.3. The van der Waals surface area contributed by atoms with Gasteiger partial charge in [-0.1, -0.05) is 41.9 Å². The molecule has 1 aromatic heterocycles. The van der Waals surface area contributed by atoms with E-state index in [0.717, 1.165) is 16.8 Å². The molecule has 1 unspecified atom stereocenters. The summed E-state index contributed by atoms with van der Waals surface area (Å²) in [6, 6.07) is 15.4. The van der Waals surface area contributed by atoms with E-state index in [2.05, 4.69) is 10.3 Å². The second-order valence-electron chi connectivity index (χ2n) is 5.16. The van der Waals surface area contributed by atoms with Gasteiger partial charge in [0, 0.05) is 28.7 Å². The molecule has 0 spiro atoms. The normalized spacial score (nSPS) is 16.4. The maximum atomic E-state index is 12.4. The Morgan fingerprint density at radius 1 is 1.14 bits per heavy atom. The van der Waals surface area contributed by atoms with Crippen molar-refractivity contribution in [3.8, 4) is 0 Å². The lowest BCUT2D eigenvalue weighted by Gasteiger charge is -2.20. The van der Waals surface area contributed by atoms with Crippen LogP contribution in [0.2, 0.25) is 5.02 Å². The number of imidazole rings is 1. The first-order valence-electron chi connectivity index (χ1n) is 6.92. The van der Waals surface area contributed by atoms with Crippen LogP contribution in [0.1, 0.15) is 27.8 Å². The van der Waals surface area contributed by atoms with Crippen molar-refractivity contribution < 1.29 is 4.79 Å². The summed E-state index contributed by atoms with van der Waals surface area (Å²) < 4.78 is 1.88. The molecule has 0 saturated heterocycles. The number of aromatic nitrogens is 2. The number of amides is 1. The van der Waals surface area contributed by atoms with E-state index in [1.54, 1.807) is 12.3 Å². The third kappa shape index (κ3) is 2.00. The summed E-state index contributed by atoms with van der Waals surface area (Å²) >= 11 is 6.18. The van der Waals surface area contributed by atoms with Crippen LogP contribution in [0.4, 0.5) is 5.69 Å². The molecule has 0 radical (unpaired) electrons. The van der Waals surface area contributed by atoms with Gasteiger partial charge in [-0.25, -0.2) is 4.98 Å². The van der Waals surface area contributed by atoms with Crippen molar-refractivity contribution in [2.24, 2.45) is 0 Å². The zero-order valence-electron chi connectivity index (χ0n) is 11.5. The summed E-state index contributed by atoms with van der Waals surface area (Å²) in [7, 11) is 0. The van der Waals surface area contributed by atoms with Crippen LogP contribution in [-0.2, 0) is 0 Å². The van der Waals surface area contributed by atoms with Crippen molar-refractivity contribution in [1.29, 1.82) is 0 Å². The summed E-state index contributed by atoms with van der Waals surface area (Å²) in [5.41, 5.74) is 2.78. The van der Waals surface area contributed by atoms with Crippen molar-refractivity contribution in [1.82, 2.24) is 9.55 Å². The highest BCUT2D eigenvalue weighted by Crippen LogP contribution is 2.36. The van der Waals surface area contributed by atoms with E-state index in [1.165, 1.54) is 0 Å². The number of hydrogen-bond donors (Lipinski definition) is 1. The molecular formula is C17H12ClN3O. The molecule has 4 rings (SSSR count). The second kappa shape index (κ2) is 5.00. The molecule has 2 aromatic carbocycles. The van der Waals surface area contributed by atoms with E-state index in [0.29, 0.717) is 10.8 Å². The summed E-state index contributed by atoms with van der Waals surface area (Å²) in [6.45, 7) is 0. The van der Waals surface area contributed by atoms with Crippen molar-refractivity contribution in [3.63, 3.8) is 0 Å². The summed E-state index contributed by atoms with van der Waals surface area (Å²) in [5.74, 6) is 0.174. The van der Waals surface area contributed by atoms with Crippen LogP contribution < -0.4 is 5.32 Å². The Bertz CT molecular complexity index is 857. The van der Waals surface area contributed by atoms with Crippen molar-refractivity contribution in [2.45, 2.75) is 6.04 Å². The predicted molar refractivity (Wildman–Crippen MR) is 85.3 cm³/mol. The molecule has 2 heterocycles. The fourth-order valence-electron chi connectivity index (χ4n) is 2.87. The van der Waals surface area contributed by atoms with Gasteiger partial charge in [-0.15, -0.1) is 0 Å². The molecule has 0 saturated carbocycles. The smallest absolute Gasteiger partial charge is 0.291 e. The van der Waals surface area contributed by atoms with Gasteiger partial charge in [0.2, 0.25) is 0 Å². The van der Waals surface area contributed by atoms with Crippen LogP contribution in [0.5, 0.6) is 0 Å². The van der Waals surface area contributed by atoms with Gasteiger partial charge in [0.1, 0.15) is 0 Å². The molecule has 4 nitrogen and oxygen atoms in total. The van der Waals surface area contributed by atoms with Crippen molar-refractivity contribution >= 4 is 23.2 Å². The highest BCUT2D eigenvalue weighted by Gasteiger charge is 2.28. The molecule has 1 atom stereocenters. The Labute approximate surface area is 132 Å². The first kappa shape index (κ1) is 13.1. The monoisotopic (exact) mass is 309 g/mol. The molecule has 0 bridgehead atoms. The topological polar surface area (TPSA) is 46.9 Å². The third-order valence-electron chi connectivity index (χ3n) is 3.82. The first-order valence-corrected chi connectivity index (χ1v) is 7.30. The summed E-state index contributed by atoms with van der Waals surface area (Å²) in [5, 5.41) is 3.55. The maximum absolute atomic E-state index is 12.4. The minimum absolute atomic E-state index is 0.147. The summed E-state index contributed by atoms with van der Waals surface area (Å²) in [4.78, 5) is 16.6. The Kier molecular flexibility index (Phi) is 2.98. The molecule has 22 heavy (non-hydrogen) atoms. The molecule has 0 fully saturated rings. The highest BCUT2D eigenvalue weighted by molar-refractivity contribution is 6.30. The molecule has 5 heteroatoms. The van der Waals surface area contributed by atoms with Gasteiger partial charge in [0.15, 0.2) is 5.82 Å². The van der Waals surface area contributed by atoms with E-state index < -0.39 is 0 Å². The van der Waals surface area contributed by atoms with Crippen molar-refractivity contribution in [2.75, 3.05) is 5.32 Å². The lowest BCUT2D eigenvalue weighted by molar-refractivity contribution is 0.101. The average molecular weight is 310 g/mol. The third-order valence-corrected chi connectivity index (χ3v) is 4.06. The van der Waals surface area contributed by atoms with E-state index in [4.69, 9.17) is 11.6 Å². The zero-order chi connectivity index (χ0) is 15.1. The number of rotatable bonds is 1. The van der Waals surface area contributed by atoms with Crippen LogP contribution in [0.15, 0.2) is 60.9 Å². The largest absolute Gasteiger partial charge is 0.319 e. The minimum atomic E-state index is -0.216. The molecule has 0 aliphatic carbocycles. The Morgan fingerprint density at radius 3 is 2.77 bits per heavy atom. The molecule has 1 N–H and O–H groups in total. The Hall–Kier alpha value is -2.59. The van der Waals surface area contributed by atoms with E-state index in [9.17, 15) is 4.79 Å². The first-order chi connectivity index (χ1) is 10.7. The number of nitrogens with one attached hydrogen (secondary N) is 1. The number of halogens is 1. The SMILES string of the molecule is O=C1Nc2ccc(Cl)cc2C(c2ccccc2)n2ccnc21. The van der Waals surface area contributed by atoms with Crippen LogP contribution >= 0.6 is 11.6 Å². The number of carbonyl (C=O) groups excluding carboxylic acids is 1. The maximum Gasteiger partial charge on any atom is 0.291 e. The van der Waals surface area contributed by atoms with Crippen LogP contribution in [0.25, 0.3) is 0 Å². The van der Waals surface area contributed by atoms with Crippen LogP contribution in [0, 0.1) is 0 Å². The van der Waals surface area contributed by atoms with Gasteiger partial charge in [0.25, 0.3) is 5.91 Å². The number of hydrogen-bond acceptors (Lipinski definition) is 2. The van der Waals surface area contributed by atoms with E-state index >= 15 is 0 Å². The quantitative estimate of drug-likeness (QED) is 0.744. The van der Waals surface area contributed by atoms with Gasteiger partial charge in [-0.3, -0.25) is 4.79 Å². The predicted octanol–water partition coefficient (Wildman–Crippen LogP) is 3.74. The number of carbonyl (C=O) groups is 1. The standard InChI is InChI=1S/C17H12ClN3O/c18-12-6-7-14-13(10-12)15(11-4-2-1-3-5-11)21-9-8-19-16(21)17(22)20-14/h1-10,15H,(H,20,22). The van der Waals surface area contributed by atoms with Crippen molar-refractivity contribution in [3.05, 3.63) is 82.9 Å².